The molecule has 0 aromatic heterocycles. The van der Waals surface area contributed by atoms with Crippen LogP contribution in [0.4, 0.5) is 0 Å². The summed E-state index contributed by atoms with van der Waals surface area (Å²) in [6.45, 7) is 0. The van der Waals surface area contributed by atoms with Gasteiger partial charge in [-0.15, -0.1) is 0 Å². The largest absolute Gasteiger partial charge is 0.299 e. The first-order chi connectivity index (χ1) is 9.83. The molecule has 1 aliphatic rings. The Morgan fingerprint density at radius 2 is 1.50 bits per heavy atom. The molecule has 0 saturated heterocycles. The zero-order chi connectivity index (χ0) is 13.8. The number of Topliss-reactive ketones (excluding diaryl/α,β-unsaturated/α-hetero) is 1. The quantitative estimate of drug-likeness (QED) is 0.806. The lowest BCUT2D eigenvalue weighted by molar-refractivity contribution is -0.121. The molecular weight excluding hydrogens is 244 g/mol. The Morgan fingerprint density at radius 3 is 2.20 bits per heavy atom. The molecule has 2 aromatic rings. The van der Waals surface area contributed by atoms with Crippen LogP contribution in [0.5, 0.6) is 0 Å². The van der Waals surface area contributed by atoms with Gasteiger partial charge in [0.25, 0.3) is 0 Å². The van der Waals surface area contributed by atoms with E-state index in [0.717, 1.165) is 12.8 Å². The Labute approximate surface area is 120 Å². The topological polar surface area (TPSA) is 17.1 Å². The molecular formula is C19H18O. The van der Waals surface area contributed by atoms with Crippen LogP contribution < -0.4 is 0 Å². The predicted octanol–water partition coefficient (Wildman–Crippen LogP) is 4.29. The second-order valence-electron chi connectivity index (χ2n) is 5.32. The van der Waals surface area contributed by atoms with Gasteiger partial charge in [0.1, 0.15) is 5.78 Å². The van der Waals surface area contributed by atoms with Crippen molar-refractivity contribution >= 4 is 11.4 Å². The average molecular weight is 262 g/mol. The molecule has 0 bridgehead atoms. The number of carbonyl (C=O) groups is 1. The van der Waals surface area contributed by atoms with E-state index in [1.54, 1.807) is 0 Å². The van der Waals surface area contributed by atoms with Crippen LogP contribution in [0, 0.1) is 5.92 Å². The van der Waals surface area contributed by atoms with Crippen molar-refractivity contribution < 1.29 is 4.79 Å². The standard InChI is InChI=1S/C19H18O/c20-19-12-11-17(16-9-5-2-6-10-16)14-18(19)13-15-7-3-1-4-8-15/h1-10,14,18H,11-13H2. The lowest BCUT2D eigenvalue weighted by atomic mass is 9.83. The first kappa shape index (κ1) is 12.9. The van der Waals surface area contributed by atoms with E-state index in [1.807, 2.05) is 24.3 Å². The summed E-state index contributed by atoms with van der Waals surface area (Å²) in [6, 6.07) is 20.7. The summed E-state index contributed by atoms with van der Waals surface area (Å²) in [4.78, 5) is 12.1. The van der Waals surface area contributed by atoms with Gasteiger partial charge in [-0.05, 0) is 29.5 Å². The van der Waals surface area contributed by atoms with Crippen molar-refractivity contribution in [3.63, 3.8) is 0 Å². The van der Waals surface area contributed by atoms with E-state index in [9.17, 15) is 4.79 Å². The second kappa shape index (κ2) is 5.87. The third kappa shape index (κ3) is 2.88. The number of hydrogen-bond acceptors (Lipinski definition) is 1. The van der Waals surface area contributed by atoms with E-state index >= 15 is 0 Å². The van der Waals surface area contributed by atoms with Gasteiger partial charge in [0.2, 0.25) is 0 Å². The maximum atomic E-state index is 12.1. The zero-order valence-electron chi connectivity index (χ0n) is 11.5. The molecule has 0 N–H and O–H groups in total. The number of benzene rings is 2. The molecule has 1 aliphatic carbocycles. The van der Waals surface area contributed by atoms with E-state index in [1.165, 1.54) is 16.7 Å². The van der Waals surface area contributed by atoms with Crippen molar-refractivity contribution in [2.75, 3.05) is 0 Å². The van der Waals surface area contributed by atoms with Gasteiger partial charge >= 0.3 is 0 Å². The smallest absolute Gasteiger partial charge is 0.140 e. The molecule has 100 valence electrons. The van der Waals surface area contributed by atoms with Gasteiger partial charge in [-0.1, -0.05) is 66.7 Å². The highest BCUT2D eigenvalue weighted by atomic mass is 16.1. The van der Waals surface area contributed by atoms with Crippen molar-refractivity contribution in [1.29, 1.82) is 0 Å². The van der Waals surface area contributed by atoms with Crippen LogP contribution in [0.25, 0.3) is 5.57 Å². The van der Waals surface area contributed by atoms with Crippen molar-refractivity contribution in [3.8, 4) is 0 Å². The summed E-state index contributed by atoms with van der Waals surface area (Å²) < 4.78 is 0. The van der Waals surface area contributed by atoms with Gasteiger partial charge in [-0.2, -0.15) is 0 Å². The molecule has 0 fully saturated rings. The predicted molar refractivity (Wildman–Crippen MR) is 82.3 cm³/mol. The molecule has 0 radical (unpaired) electrons. The van der Waals surface area contributed by atoms with Crippen molar-refractivity contribution in [3.05, 3.63) is 77.9 Å². The van der Waals surface area contributed by atoms with E-state index in [2.05, 4.69) is 42.5 Å². The SMILES string of the molecule is O=C1CCC(c2ccccc2)=CC1Cc1ccccc1. The van der Waals surface area contributed by atoms with Crippen molar-refractivity contribution in [2.45, 2.75) is 19.3 Å². The zero-order valence-corrected chi connectivity index (χ0v) is 11.5. The highest BCUT2D eigenvalue weighted by Gasteiger charge is 2.22. The summed E-state index contributed by atoms with van der Waals surface area (Å²) in [5.41, 5.74) is 3.79. The van der Waals surface area contributed by atoms with Crippen molar-refractivity contribution in [1.82, 2.24) is 0 Å². The first-order valence-electron chi connectivity index (χ1n) is 7.16. The second-order valence-corrected chi connectivity index (χ2v) is 5.32. The molecule has 0 saturated carbocycles. The fourth-order valence-electron chi connectivity index (χ4n) is 2.80. The molecule has 2 aromatic carbocycles. The van der Waals surface area contributed by atoms with Gasteiger partial charge in [-0.25, -0.2) is 0 Å². The first-order valence-corrected chi connectivity index (χ1v) is 7.16. The molecule has 1 atom stereocenters. The summed E-state index contributed by atoms with van der Waals surface area (Å²) >= 11 is 0. The number of allylic oxidation sites excluding steroid dienone is 2. The lowest BCUT2D eigenvalue weighted by Gasteiger charge is -2.20. The Balaban J connectivity index is 1.84. The van der Waals surface area contributed by atoms with Gasteiger partial charge in [-0.3, -0.25) is 4.79 Å². The van der Waals surface area contributed by atoms with E-state index in [-0.39, 0.29) is 5.92 Å². The summed E-state index contributed by atoms with van der Waals surface area (Å²) in [7, 11) is 0. The highest BCUT2D eigenvalue weighted by molar-refractivity contribution is 5.89. The average Bonchev–Trinajstić information content (AvgIpc) is 2.51. The fourth-order valence-corrected chi connectivity index (χ4v) is 2.80. The van der Waals surface area contributed by atoms with Crippen LogP contribution in [-0.4, -0.2) is 5.78 Å². The molecule has 1 unspecified atom stereocenters. The third-order valence-corrected chi connectivity index (χ3v) is 3.90. The Bertz CT molecular complexity index is 611. The fraction of sp³-hybridized carbons (Fsp3) is 0.211. The van der Waals surface area contributed by atoms with Gasteiger partial charge < -0.3 is 0 Å². The maximum absolute atomic E-state index is 12.1. The van der Waals surface area contributed by atoms with Crippen LogP contribution >= 0.6 is 0 Å². The summed E-state index contributed by atoms with van der Waals surface area (Å²) in [6.07, 6.45) is 4.52. The Kier molecular flexibility index (Phi) is 3.78. The van der Waals surface area contributed by atoms with Crippen molar-refractivity contribution in [2.24, 2.45) is 5.92 Å². The minimum absolute atomic E-state index is 0.0290. The van der Waals surface area contributed by atoms with Crippen LogP contribution in [0.2, 0.25) is 0 Å². The van der Waals surface area contributed by atoms with E-state index in [0.29, 0.717) is 12.2 Å². The molecule has 1 nitrogen and oxygen atoms in total. The number of carbonyl (C=O) groups excluding carboxylic acids is 1. The van der Waals surface area contributed by atoms with Crippen LogP contribution in [0.1, 0.15) is 24.0 Å². The normalized spacial score (nSPS) is 18.7. The number of rotatable bonds is 3. The number of ketones is 1. The third-order valence-electron chi connectivity index (χ3n) is 3.90. The minimum atomic E-state index is 0.0290. The molecule has 0 amide bonds. The van der Waals surface area contributed by atoms with Gasteiger partial charge in [0.05, 0.1) is 0 Å². The monoisotopic (exact) mass is 262 g/mol. The summed E-state index contributed by atoms with van der Waals surface area (Å²) in [5.74, 6) is 0.398. The number of hydrogen-bond donors (Lipinski definition) is 0. The minimum Gasteiger partial charge on any atom is -0.299 e. The molecule has 20 heavy (non-hydrogen) atoms. The molecule has 1 heteroatoms. The summed E-state index contributed by atoms with van der Waals surface area (Å²) in [5, 5.41) is 0. The molecule has 0 spiro atoms. The molecule has 0 aliphatic heterocycles. The Morgan fingerprint density at radius 1 is 0.850 bits per heavy atom. The molecule has 0 heterocycles. The van der Waals surface area contributed by atoms with E-state index < -0.39 is 0 Å². The van der Waals surface area contributed by atoms with E-state index in [4.69, 9.17) is 0 Å². The molecule has 3 rings (SSSR count). The highest BCUT2D eigenvalue weighted by Crippen LogP contribution is 2.29. The van der Waals surface area contributed by atoms with Crippen LogP contribution in [0.3, 0.4) is 0 Å². The van der Waals surface area contributed by atoms with Gasteiger partial charge in [0.15, 0.2) is 0 Å². The lowest BCUT2D eigenvalue weighted by Crippen LogP contribution is -2.19. The van der Waals surface area contributed by atoms with Gasteiger partial charge in [0, 0.05) is 12.3 Å². The maximum Gasteiger partial charge on any atom is 0.140 e. The van der Waals surface area contributed by atoms with Crippen LogP contribution in [-0.2, 0) is 11.2 Å². The Hall–Kier alpha value is -2.15. The van der Waals surface area contributed by atoms with Crippen LogP contribution in [0.15, 0.2) is 66.7 Å².